The van der Waals surface area contributed by atoms with Crippen LogP contribution in [0.3, 0.4) is 0 Å². The van der Waals surface area contributed by atoms with Gasteiger partial charge in [-0.2, -0.15) is 0 Å². The van der Waals surface area contributed by atoms with Gasteiger partial charge in [0, 0.05) is 11.6 Å². The molecular weight excluding hydrogens is 310 g/mol. The molecule has 1 N–H and O–H groups in total. The SMILES string of the molecule is Cc1cc(C)cc(OCC(=O)NCCCc2ccccc2Cl)c1. The van der Waals surface area contributed by atoms with E-state index in [0.29, 0.717) is 6.54 Å². The maximum Gasteiger partial charge on any atom is 0.257 e. The zero-order chi connectivity index (χ0) is 16.7. The number of amides is 1. The molecule has 0 saturated heterocycles. The Morgan fingerprint density at radius 2 is 1.83 bits per heavy atom. The highest BCUT2D eigenvalue weighted by molar-refractivity contribution is 6.31. The molecule has 2 aromatic carbocycles. The Kier molecular flexibility index (Phi) is 6.48. The van der Waals surface area contributed by atoms with Gasteiger partial charge in [0.15, 0.2) is 6.61 Å². The van der Waals surface area contributed by atoms with Gasteiger partial charge < -0.3 is 10.1 Å². The Morgan fingerprint density at radius 3 is 2.52 bits per heavy atom. The molecule has 0 spiro atoms. The van der Waals surface area contributed by atoms with Crippen LogP contribution in [0.1, 0.15) is 23.1 Å². The third-order valence-corrected chi connectivity index (χ3v) is 3.84. The van der Waals surface area contributed by atoms with Crippen molar-refractivity contribution in [1.29, 1.82) is 0 Å². The number of ether oxygens (including phenoxy) is 1. The largest absolute Gasteiger partial charge is 0.484 e. The van der Waals surface area contributed by atoms with E-state index < -0.39 is 0 Å². The summed E-state index contributed by atoms with van der Waals surface area (Å²) in [5.74, 6) is 0.622. The number of benzene rings is 2. The molecule has 2 rings (SSSR count). The first kappa shape index (κ1) is 17.4. The number of carbonyl (C=O) groups excluding carboxylic acids is 1. The van der Waals surface area contributed by atoms with E-state index in [-0.39, 0.29) is 12.5 Å². The molecule has 0 aliphatic rings. The Bertz CT molecular complexity index is 650. The van der Waals surface area contributed by atoms with Gasteiger partial charge in [0.2, 0.25) is 0 Å². The minimum Gasteiger partial charge on any atom is -0.484 e. The highest BCUT2D eigenvalue weighted by atomic mass is 35.5. The van der Waals surface area contributed by atoms with Crippen molar-refractivity contribution in [2.75, 3.05) is 13.2 Å². The summed E-state index contributed by atoms with van der Waals surface area (Å²) in [6.45, 7) is 4.67. The molecule has 23 heavy (non-hydrogen) atoms. The van der Waals surface area contributed by atoms with Gasteiger partial charge in [-0.3, -0.25) is 4.79 Å². The van der Waals surface area contributed by atoms with Gasteiger partial charge in [0.1, 0.15) is 5.75 Å². The summed E-state index contributed by atoms with van der Waals surface area (Å²) in [6.07, 6.45) is 1.69. The smallest absolute Gasteiger partial charge is 0.257 e. The number of carbonyl (C=O) groups is 1. The van der Waals surface area contributed by atoms with E-state index in [1.54, 1.807) is 0 Å². The molecule has 3 nitrogen and oxygen atoms in total. The van der Waals surface area contributed by atoms with E-state index in [2.05, 4.69) is 11.4 Å². The minimum absolute atomic E-state index is 0.0367. The predicted molar refractivity (Wildman–Crippen MR) is 94.2 cm³/mol. The van der Waals surface area contributed by atoms with E-state index in [9.17, 15) is 4.79 Å². The second-order valence-electron chi connectivity index (χ2n) is 5.66. The number of hydrogen-bond acceptors (Lipinski definition) is 2. The van der Waals surface area contributed by atoms with Crippen LogP contribution < -0.4 is 10.1 Å². The number of halogens is 1. The summed E-state index contributed by atoms with van der Waals surface area (Å²) >= 11 is 6.10. The summed E-state index contributed by atoms with van der Waals surface area (Å²) in [6, 6.07) is 13.7. The quantitative estimate of drug-likeness (QED) is 0.776. The number of rotatable bonds is 7. The lowest BCUT2D eigenvalue weighted by Crippen LogP contribution is -2.29. The van der Waals surface area contributed by atoms with Crippen molar-refractivity contribution in [3.63, 3.8) is 0 Å². The van der Waals surface area contributed by atoms with Crippen molar-refractivity contribution in [2.24, 2.45) is 0 Å². The fourth-order valence-electron chi connectivity index (χ4n) is 2.42. The van der Waals surface area contributed by atoms with E-state index in [4.69, 9.17) is 16.3 Å². The van der Waals surface area contributed by atoms with Gasteiger partial charge in [-0.15, -0.1) is 0 Å². The van der Waals surface area contributed by atoms with E-state index in [0.717, 1.165) is 40.3 Å². The summed E-state index contributed by atoms with van der Waals surface area (Å²) in [5, 5.41) is 3.64. The molecule has 0 radical (unpaired) electrons. The third kappa shape index (κ3) is 5.95. The van der Waals surface area contributed by atoms with Gasteiger partial charge in [0.25, 0.3) is 5.91 Å². The van der Waals surface area contributed by atoms with E-state index in [1.807, 2.05) is 50.2 Å². The van der Waals surface area contributed by atoms with Crippen LogP contribution in [0.15, 0.2) is 42.5 Å². The molecule has 0 bridgehead atoms. The zero-order valence-electron chi connectivity index (χ0n) is 13.6. The van der Waals surface area contributed by atoms with Gasteiger partial charge >= 0.3 is 0 Å². The van der Waals surface area contributed by atoms with Crippen molar-refractivity contribution in [3.8, 4) is 5.75 Å². The summed E-state index contributed by atoms with van der Waals surface area (Å²) in [7, 11) is 0. The molecular formula is C19H22ClNO2. The minimum atomic E-state index is -0.108. The fourth-order valence-corrected chi connectivity index (χ4v) is 2.65. The zero-order valence-corrected chi connectivity index (χ0v) is 14.3. The van der Waals surface area contributed by atoms with Crippen LogP contribution >= 0.6 is 11.6 Å². The maximum absolute atomic E-state index is 11.8. The van der Waals surface area contributed by atoms with Gasteiger partial charge in [-0.05, 0) is 61.6 Å². The Morgan fingerprint density at radius 1 is 1.13 bits per heavy atom. The monoisotopic (exact) mass is 331 g/mol. The highest BCUT2D eigenvalue weighted by Crippen LogP contribution is 2.17. The van der Waals surface area contributed by atoms with Crippen molar-refractivity contribution in [2.45, 2.75) is 26.7 Å². The van der Waals surface area contributed by atoms with Crippen LogP contribution in [0.5, 0.6) is 5.75 Å². The van der Waals surface area contributed by atoms with Gasteiger partial charge in [0.05, 0.1) is 0 Å². The number of hydrogen-bond donors (Lipinski definition) is 1. The lowest BCUT2D eigenvalue weighted by molar-refractivity contribution is -0.123. The molecule has 0 fully saturated rings. The molecule has 0 aliphatic carbocycles. The summed E-state index contributed by atoms with van der Waals surface area (Å²) < 4.78 is 5.53. The van der Waals surface area contributed by atoms with Crippen molar-refractivity contribution >= 4 is 17.5 Å². The van der Waals surface area contributed by atoms with Crippen LogP contribution in [0.2, 0.25) is 5.02 Å². The number of aryl methyl sites for hydroxylation is 3. The normalized spacial score (nSPS) is 10.4. The van der Waals surface area contributed by atoms with Crippen LogP contribution in [0.25, 0.3) is 0 Å². The van der Waals surface area contributed by atoms with Crippen molar-refractivity contribution in [1.82, 2.24) is 5.32 Å². The second-order valence-corrected chi connectivity index (χ2v) is 6.06. The first-order valence-electron chi connectivity index (χ1n) is 7.76. The molecule has 2 aromatic rings. The van der Waals surface area contributed by atoms with E-state index >= 15 is 0 Å². The first-order valence-corrected chi connectivity index (χ1v) is 8.13. The molecule has 0 aliphatic heterocycles. The third-order valence-electron chi connectivity index (χ3n) is 3.47. The lowest BCUT2D eigenvalue weighted by Gasteiger charge is -2.09. The molecule has 0 unspecified atom stereocenters. The molecule has 0 heterocycles. The topological polar surface area (TPSA) is 38.3 Å². The Labute approximate surface area is 142 Å². The van der Waals surface area contributed by atoms with Crippen LogP contribution in [-0.4, -0.2) is 19.1 Å². The molecule has 4 heteroatoms. The molecule has 0 atom stereocenters. The molecule has 0 saturated carbocycles. The standard InChI is InChI=1S/C19H22ClNO2/c1-14-10-15(2)12-17(11-14)23-13-19(22)21-9-5-7-16-6-3-4-8-18(16)20/h3-4,6,8,10-12H,5,7,9,13H2,1-2H3,(H,21,22). The van der Waals surface area contributed by atoms with Crippen LogP contribution in [0.4, 0.5) is 0 Å². The molecule has 1 amide bonds. The van der Waals surface area contributed by atoms with Crippen LogP contribution in [-0.2, 0) is 11.2 Å². The Balaban J connectivity index is 1.68. The average molecular weight is 332 g/mol. The summed E-state index contributed by atoms with van der Waals surface area (Å²) in [5.41, 5.74) is 3.36. The predicted octanol–water partition coefficient (Wildman–Crippen LogP) is 4.08. The number of nitrogens with one attached hydrogen (secondary N) is 1. The van der Waals surface area contributed by atoms with Crippen molar-refractivity contribution in [3.05, 3.63) is 64.2 Å². The second kappa shape index (κ2) is 8.59. The fraction of sp³-hybridized carbons (Fsp3) is 0.316. The molecule has 122 valence electrons. The molecule has 0 aromatic heterocycles. The average Bonchev–Trinajstić information content (AvgIpc) is 2.50. The lowest BCUT2D eigenvalue weighted by atomic mass is 10.1. The Hall–Kier alpha value is -2.00. The van der Waals surface area contributed by atoms with Crippen LogP contribution in [0, 0.1) is 13.8 Å². The van der Waals surface area contributed by atoms with Crippen molar-refractivity contribution < 1.29 is 9.53 Å². The summed E-state index contributed by atoms with van der Waals surface area (Å²) in [4.78, 5) is 11.8. The highest BCUT2D eigenvalue weighted by Gasteiger charge is 2.04. The van der Waals surface area contributed by atoms with E-state index in [1.165, 1.54) is 0 Å². The first-order chi connectivity index (χ1) is 11.0. The van der Waals surface area contributed by atoms with Gasteiger partial charge in [-0.25, -0.2) is 0 Å². The maximum atomic E-state index is 11.8. The van der Waals surface area contributed by atoms with Gasteiger partial charge in [-0.1, -0.05) is 35.9 Å².